The molecule has 0 saturated carbocycles. The zero-order chi connectivity index (χ0) is 15.7. The molecule has 0 aromatic carbocycles. The van der Waals surface area contributed by atoms with E-state index in [1.165, 1.54) is 0 Å². The Bertz CT molecular complexity index is 684. The maximum atomic E-state index is 12.2. The molecule has 1 aliphatic heterocycles. The highest BCUT2D eigenvalue weighted by Crippen LogP contribution is 2.18. The third kappa shape index (κ3) is 2.99. The van der Waals surface area contributed by atoms with E-state index in [4.69, 9.17) is 4.74 Å². The van der Waals surface area contributed by atoms with Crippen molar-refractivity contribution < 1.29 is 9.53 Å². The Morgan fingerprint density at radius 3 is 2.59 bits per heavy atom. The summed E-state index contributed by atoms with van der Waals surface area (Å²) in [6, 6.07) is 3.69. The van der Waals surface area contributed by atoms with Crippen molar-refractivity contribution in [3.05, 3.63) is 29.2 Å². The molecule has 7 nitrogen and oxygen atoms in total. The minimum atomic E-state index is -0.385. The van der Waals surface area contributed by atoms with Gasteiger partial charge in [-0.25, -0.2) is 9.97 Å². The highest BCUT2D eigenvalue weighted by molar-refractivity contribution is 5.93. The Morgan fingerprint density at radius 1 is 1.23 bits per heavy atom. The van der Waals surface area contributed by atoms with Crippen LogP contribution in [-0.2, 0) is 9.53 Å². The summed E-state index contributed by atoms with van der Waals surface area (Å²) in [5.41, 5.74) is 2.49. The fourth-order valence-corrected chi connectivity index (χ4v) is 2.53. The first-order valence-corrected chi connectivity index (χ1v) is 7.35. The number of carbonyl (C=O) groups is 1. The number of amides is 1. The van der Waals surface area contributed by atoms with E-state index >= 15 is 0 Å². The molecular formula is C15H19N5O2. The van der Waals surface area contributed by atoms with Crippen molar-refractivity contribution in [1.82, 2.24) is 19.7 Å². The fraction of sp³-hybridized carbons (Fsp3) is 0.467. The molecule has 1 aliphatic rings. The van der Waals surface area contributed by atoms with Crippen molar-refractivity contribution >= 4 is 11.7 Å². The van der Waals surface area contributed by atoms with Crippen molar-refractivity contribution in [2.45, 2.75) is 39.7 Å². The van der Waals surface area contributed by atoms with Gasteiger partial charge in [-0.1, -0.05) is 0 Å². The van der Waals surface area contributed by atoms with Gasteiger partial charge in [0.1, 0.15) is 11.9 Å². The Morgan fingerprint density at radius 2 is 1.95 bits per heavy atom. The average molecular weight is 301 g/mol. The van der Waals surface area contributed by atoms with Crippen LogP contribution < -0.4 is 5.32 Å². The van der Waals surface area contributed by atoms with Gasteiger partial charge in [0.05, 0.1) is 5.69 Å². The second kappa shape index (κ2) is 5.84. The lowest BCUT2D eigenvalue weighted by atomic mass is 10.2. The van der Waals surface area contributed by atoms with Gasteiger partial charge in [-0.05, 0) is 39.7 Å². The molecular weight excluding hydrogens is 282 g/mol. The number of anilines is 1. The minimum absolute atomic E-state index is 0.150. The standard InChI is InChI=1S/C15H19N5O2/c1-9-7-10(2)17-15(16-9)20-13(8-11(3)19-20)18-14(21)12-5-4-6-22-12/h7-8,12H,4-6H2,1-3H3,(H,18,21)/t12-/m0/s1. The number of aryl methyl sites for hydroxylation is 3. The summed E-state index contributed by atoms with van der Waals surface area (Å²) in [6.07, 6.45) is 1.28. The van der Waals surface area contributed by atoms with Crippen LogP contribution in [0.2, 0.25) is 0 Å². The molecule has 3 rings (SSSR count). The monoisotopic (exact) mass is 301 g/mol. The molecule has 0 radical (unpaired) electrons. The quantitative estimate of drug-likeness (QED) is 0.933. The van der Waals surface area contributed by atoms with Gasteiger partial charge in [0.2, 0.25) is 0 Å². The molecule has 1 saturated heterocycles. The van der Waals surface area contributed by atoms with Crippen LogP contribution in [0.25, 0.3) is 5.95 Å². The first-order valence-electron chi connectivity index (χ1n) is 7.35. The second-order valence-electron chi connectivity index (χ2n) is 5.52. The molecule has 0 aliphatic carbocycles. The normalized spacial score (nSPS) is 17.7. The summed E-state index contributed by atoms with van der Waals surface area (Å²) in [5, 5.41) is 7.25. The minimum Gasteiger partial charge on any atom is -0.368 e. The number of hydrogen-bond acceptors (Lipinski definition) is 5. The summed E-state index contributed by atoms with van der Waals surface area (Å²) in [4.78, 5) is 21.0. The Kier molecular flexibility index (Phi) is 3.89. The summed E-state index contributed by atoms with van der Waals surface area (Å²) in [5.74, 6) is 0.860. The van der Waals surface area contributed by atoms with Crippen LogP contribution in [0.3, 0.4) is 0 Å². The highest BCUT2D eigenvalue weighted by Gasteiger charge is 2.25. The van der Waals surface area contributed by atoms with Crippen LogP contribution in [0, 0.1) is 20.8 Å². The van der Waals surface area contributed by atoms with Crippen LogP contribution in [0.4, 0.5) is 5.82 Å². The van der Waals surface area contributed by atoms with Crippen LogP contribution in [-0.4, -0.2) is 38.4 Å². The second-order valence-corrected chi connectivity index (χ2v) is 5.52. The topological polar surface area (TPSA) is 81.9 Å². The maximum absolute atomic E-state index is 12.2. The van der Waals surface area contributed by atoms with E-state index < -0.39 is 0 Å². The number of aromatic nitrogens is 4. The molecule has 0 unspecified atom stereocenters. The van der Waals surface area contributed by atoms with Crippen LogP contribution >= 0.6 is 0 Å². The predicted octanol–water partition coefficient (Wildman–Crippen LogP) is 1.71. The van der Waals surface area contributed by atoms with Crippen LogP contribution in [0.1, 0.15) is 29.9 Å². The molecule has 1 N–H and O–H groups in total. The van der Waals surface area contributed by atoms with Gasteiger partial charge in [-0.2, -0.15) is 9.78 Å². The van der Waals surface area contributed by atoms with Crippen molar-refractivity contribution in [2.24, 2.45) is 0 Å². The molecule has 0 spiro atoms. The number of hydrogen-bond donors (Lipinski definition) is 1. The van der Waals surface area contributed by atoms with E-state index in [2.05, 4.69) is 20.4 Å². The summed E-state index contributed by atoms with van der Waals surface area (Å²) >= 11 is 0. The average Bonchev–Trinajstić information content (AvgIpc) is 3.07. The maximum Gasteiger partial charge on any atom is 0.254 e. The van der Waals surface area contributed by atoms with Crippen LogP contribution in [0.15, 0.2) is 12.1 Å². The van der Waals surface area contributed by atoms with Gasteiger partial charge >= 0.3 is 0 Å². The predicted molar refractivity (Wildman–Crippen MR) is 81.0 cm³/mol. The molecule has 22 heavy (non-hydrogen) atoms. The molecule has 2 aromatic rings. The lowest BCUT2D eigenvalue weighted by Gasteiger charge is -2.11. The molecule has 1 fully saturated rings. The number of nitrogens with zero attached hydrogens (tertiary/aromatic N) is 4. The Balaban J connectivity index is 1.90. The van der Waals surface area contributed by atoms with Gasteiger partial charge < -0.3 is 10.1 Å². The van der Waals surface area contributed by atoms with Crippen molar-refractivity contribution in [3.8, 4) is 5.95 Å². The highest BCUT2D eigenvalue weighted by atomic mass is 16.5. The van der Waals surface area contributed by atoms with E-state index in [1.54, 1.807) is 10.7 Å². The van der Waals surface area contributed by atoms with Gasteiger partial charge in [0.25, 0.3) is 11.9 Å². The zero-order valence-corrected chi connectivity index (χ0v) is 13.0. The Hall–Kier alpha value is -2.28. The largest absolute Gasteiger partial charge is 0.368 e. The van der Waals surface area contributed by atoms with Gasteiger partial charge in [0, 0.05) is 24.1 Å². The number of ether oxygens (including phenoxy) is 1. The van der Waals surface area contributed by atoms with E-state index in [0.29, 0.717) is 18.4 Å². The molecule has 3 heterocycles. The number of nitrogens with one attached hydrogen (secondary N) is 1. The van der Waals surface area contributed by atoms with Crippen molar-refractivity contribution in [1.29, 1.82) is 0 Å². The number of rotatable bonds is 3. The van der Waals surface area contributed by atoms with Crippen LogP contribution in [0.5, 0.6) is 0 Å². The third-order valence-corrected chi connectivity index (χ3v) is 3.46. The van der Waals surface area contributed by atoms with Crippen molar-refractivity contribution in [3.63, 3.8) is 0 Å². The van der Waals surface area contributed by atoms with Gasteiger partial charge in [0.15, 0.2) is 0 Å². The van der Waals surface area contributed by atoms with Gasteiger partial charge in [-0.15, -0.1) is 0 Å². The van der Waals surface area contributed by atoms with E-state index in [-0.39, 0.29) is 12.0 Å². The van der Waals surface area contributed by atoms with E-state index in [0.717, 1.165) is 29.9 Å². The molecule has 0 bridgehead atoms. The fourth-order valence-electron chi connectivity index (χ4n) is 2.53. The molecule has 7 heteroatoms. The van der Waals surface area contributed by atoms with Crippen molar-refractivity contribution in [2.75, 3.05) is 11.9 Å². The first-order chi connectivity index (χ1) is 10.5. The third-order valence-electron chi connectivity index (χ3n) is 3.46. The van der Waals surface area contributed by atoms with E-state index in [1.807, 2.05) is 26.8 Å². The Labute approximate surface area is 128 Å². The number of carbonyl (C=O) groups excluding carboxylic acids is 1. The summed E-state index contributed by atoms with van der Waals surface area (Å²) < 4.78 is 6.96. The lowest BCUT2D eigenvalue weighted by Crippen LogP contribution is -2.28. The molecule has 116 valence electrons. The molecule has 1 amide bonds. The van der Waals surface area contributed by atoms with E-state index in [9.17, 15) is 4.79 Å². The molecule has 1 atom stereocenters. The SMILES string of the molecule is Cc1cc(C)nc(-n2nc(C)cc2NC(=O)[C@@H]2CCCO2)n1. The first kappa shape index (κ1) is 14.6. The summed E-state index contributed by atoms with van der Waals surface area (Å²) in [6.45, 7) is 6.30. The van der Waals surface area contributed by atoms with Gasteiger partial charge in [-0.3, -0.25) is 4.79 Å². The molecule has 2 aromatic heterocycles. The summed E-state index contributed by atoms with van der Waals surface area (Å²) in [7, 11) is 0. The zero-order valence-electron chi connectivity index (χ0n) is 13.0. The lowest BCUT2D eigenvalue weighted by molar-refractivity contribution is -0.124. The smallest absolute Gasteiger partial charge is 0.254 e.